The third-order valence-electron chi connectivity index (χ3n) is 2.03. The van der Waals surface area contributed by atoms with E-state index in [1.807, 2.05) is 0 Å². The van der Waals surface area contributed by atoms with Gasteiger partial charge in [-0.2, -0.15) is 0 Å². The van der Waals surface area contributed by atoms with E-state index in [2.05, 4.69) is 15.3 Å². The number of hydrogen-bond acceptors (Lipinski definition) is 7. The maximum absolute atomic E-state index is 10.5. The third-order valence-corrected chi connectivity index (χ3v) is 2.81. The Labute approximate surface area is 100 Å². The Bertz CT molecular complexity index is 528. The molecule has 0 radical (unpaired) electrons. The normalized spacial score (nSPS) is 10.1. The lowest BCUT2D eigenvalue weighted by molar-refractivity contribution is -0.384. The largest absolute Gasteiger partial charge is 0.378 e. The molecule has 2 rings (SSSR count). The van der Waals surface area contributed by atoms with Gasteiger partial charge in [0.05, 0.1) is 17.0 Å². The summed E-state index contributed by atoms with van der Waals surface area (Å²) in [6.07, 6.45) is 1.74. The van der Waals surface area contributed by atoms with Crippen molar-refractivity contribution in [2.24, 2.45) is 0 Å². The number of aromatic nitrogens is 2. The molecule has 17 heavy (non-hydrogen) atoms. The van der Waals surface area contributed by atoms with Crippen molar-refractivity contribution >= 4 is 28.7 Å². The van der Waals surface area contributed by atoms with E-state index in [0.717, 1.165) is 4.88 Å². The molecule has 0 saturated carbocycles. The molecular weight excluding hydrogens is 242 g/mol. The van der Waals surface area contributed by atoms with Crippen LogP contribution < -0.4 is 11.1 Å². The van der Waals surface area contributed by atoms with Crippen LogP contribution in [0.2, 0.25) is 0 Å². The topological polar surface area (TPSA) is 107 Å². The van der Waals surface area contributed by atoms with Gasteiger partial charge in [-0.15, -0.1) is 11.3 Å². The van der Waals surface area contributed by atoms with Crippen molar-refractivity contribution in [3.63, 3.8) is 0 Å². The summed E-state index contributed by atoms with van der Waals surface area (Å²) in [4.78, 5) is 18.9. The highest BCUT2D eigenvalue weighted by molar-refractivity contribution is 7.09. The molecule has 88 valence electrons. The highest BCUT2D eigenvalue weighted by atomic mass is 32.1. The van der Waals surface area contributed by atoms with E-state index in [-0.39, 0.29) is 11.5 Å². The first-order valence-electron chi connectivity index (χ1n) is 4.69. The molecule has 2 heterocycles. The van der Waals surface area contributed by atoms with Crippen molar-refractivity contribution in [3.8, 4) is 0 Å². The summed E-state index contributed by atoms with van der Waals surface area (Å²) in [5, 5.41) is 13.5. The maximum Gasteiger partial charge on any atom is 0.311 e. The lowest BCUT2D eigenvalue weighted by atomic mass is 10.3. The first kappa shape index (κ1) is 11.3. The SMILES string of the molecule is Nc1nc(NCc2cncs2)ccc1[N+](=O)[O-]. The minimum atomic E-state index is -0.560. The second-order valence-corrected chi connectivity index (χ2v) is 4.15. The first-order valence-corrected chi connectivity index (χ1v) is 5.57. The quantitative estimate of drug-likeness (QED) is 0.631. The fraction of sp³-hybridized carbons (Fsp3) is 0.111. The van der Waals surface area contributed by atoms with Crippen LogP contribution >= 0.6 is 11.3 Å². The Hall–Kier alpha value is -2.22. The number of thiazole rings is 1. The van der Waals surface area contributed by atoms with Gasteiger partial charge in [0.1, 0.15) is 5.82 Å². The van der Waals surface area contributed by atoms with Gasteiger partial charge in [0.2, 0.25) is 5.82 Å². The number of rotatable bonds is 4. The zero-order chi connectivity index (χ0) is 12.3. The van der Waals surface area contributed by atoms with Crippen molar-refractivity contribution in [1.29, 1.82) is 0 Å². The molecule has 0 aliphatic rings. The standard InChI is InChI=1S/C9H9N5O2S/c10-9-7(14(15)16)1-2-8(13-9)12-4-6-3-11-5-17-6/h1-3,5H,4H2,(H3,10,12,13). The number of hydrogen-bond donors (Lipinski definition) is 2. The van der Waals surface area contributed by atoms with E-state index in [4.69, 9.17) is 5.73 Å². The fourth-order valence-corrected chi connectivity index (χ4v) is 1.76. The van der Waals surface area contributed by atoms with Crippen molar-refractivity contribution in [1.82, 2.24) is 9.97 Å². The highest BCUT2D eigenvalue weighted by Gasteiger charge is 2.12. The summed E-state index contributed by atoms with van der Waals surface area (Å²) in [6, 6.07) is 2.85. The number of nitrogens with two attached hydrogens (primary N) is 1. The van der Waals surface area contributed by atoms with Crippen molar-refractivity contribution in [3.05, 3.63) is 38.8 Å². The molecule has 0 spiro atoms. The van der Waals surface area contributed by atoms with Crippen LogP contribution in [-0.2, 0) is 6.54 Å². The summed E-state index contributed by atoms with van der Waals surface area (Å²) in [6.45, 7) is 0.564. The van der Waals surface area contributed by atoms with Crippen LogP contribution in [0, 0.1) is 10.1 Å². The minimum Gasteiger partial charge on any atom is -0.378 e. The molecule has 0 saturated heterocycles. The molecule has 0 aromatic carbocycles. The van der Waals surface area contributed by atoms with Crippen molar-refractivity contribution < 1.29 is 4.92 Å². The van der Waals surface area contributed by atoms with Gasteiger partial charge in [-0.05, 0) is 6.07 Å². The van der Waals surface area contributed by atoms with E-state index in [9.17, 15) is 10.1 Å². The van der Waals surface area contributed by atoms with E-state index >= 15 is 0 Å². The van der Waals surface area contributed by atoms with Gasteiger partial charge >= 0.3 is 5.69 Å². The summed E-state index contributed by atoms with van der Waals surface area (Å²) in [5.41, 5.74) is 7.01. The smallest absolute Gasteiger partial charge is 0.311 e. The number of nitrogen functional groups attached to an aromatic ring is 1. The molecule has 3 N–H and O–H groups in total. The summed E-state index contributed by atoms with van der Waals surface area (Å²) in [7, 11) is 0. The van der Waals surface area contributed by atoms with Crippen LogP contribution in [-0.4, -0.2) is 14.9 Å². The predicted octanol–water partition coefficient (Wildman–Crippen LogP) is 1.64. The summed E-state index contributed by atoms with van der Waals surface area (Å²) >= 11 is 1.51. The van der Waals surface area contributed by atoms with Gasteiger partial charge in [-0.3, -0.25) is 15.1 Å². The van der Waals surface area contributed by atoms with E-state index < -0.39 is 4.92 Å². The highest BCUT2D eigenvalue weighted by Crippen LogP contribution is 2.21. The van der Waals surface area contributed by atoms with Crippen LogP contribution in [0.5, 0.6) is 0 Å². The molecule has 2 aromatic rings. The van der Waals surface area contributed by atoms with E-state index in [0.29, 0.717) is 12.4 Å². The van der Waals surface area contributed by atoms with Crippen molar-refractivity contribution in [2.75, 3.05) is 11.1 Å². The lowest BCUT2D eigenvalue weighted by Gasteiger charge is -2.04. The van der Waals surface area contributed by atoms with Gasteiger partial charge in [-0.25, -0.2) is 4.98 Å². The molecule has 0 unspecified atom stereocenters. The molecule has 0 aliphatic heterocycles. The first-order chi connectivity index (χ1) is 8.16. The molecule has 2 aromatic heterocycles. The molecule has 7 nitrogen and oxygen atoms in total. The maximum atomic E-state index is 10.5. The summed E-state index contributed by atoms with van der Waals surface area (Å²) in [5.74, 6) is 0.408. The van der Waals surface area contributed by atoms with Crippen LogP contribution in [0.4, 0.5) is 17.3 Å². The zero-order valence-electron chi connectivity index (χ0n) is 8.66. The predicted molar refractivity (Wildman–Crippen MR) is 64.7 cm³/mol. The van der Waals surface area contributed by atoms with Crippen LogP contribution in [0.25, 0.3) is 0 Å². The fourth-order valence-electron chi connectivity index (χ4n) is 1.23. The number of nitrogens with one attached hydrogen (secondary N) is 1. The van der Waals surface area contributed by atoms with Gasteiger partial charge in [0.15, 0.2) is 0 Å². The second kappa shape index (κ2) is 4.74. The average molecular weight is 251 g/mol. The molecule has 0 aliphatic carbocycles. The van der Waals surface area contributed by atoms with Gasteiger partial charge in [0.25, 0.3) is 0 Å². The van der Waals surface area contributed by atoms with Gasteiger partial charge in [-0.1, -0.05) is 0 Å². The zero-order valence-corrected chi connectivity index (χ0v) is 9.48. The molecule has 0 amide bonds. The Morgan fingerprint density at radius 3 is 2.94 bits per heavy atom. The van der Waals surface area contributed by atoms with Crippen molar-refractivity contribution in [2.45, 2.75) is 6.54 Å². The second-order valence-electron chi connectivity index (χ2n) is 3.18. The van der Waals surface area contributed by atoms with Gasteiger partial charge in [0, 0.05) is 17.1 Å². The number of nitrogens with zero attached hydrogens (tertiary/aromatic N) is 3. The number of nitro groups is 1. The minimum absolute atomic E-state index is 0.0932. The molecule has 0 bridgehead atoms. The van der Waals surface area contributed by atoms with E-state index in [1.165, 1.54) is 23.5 Å². The Morgan fingerprint density at radius 2 is 2.35 bits per heavy atom. The number of pyridine rings is 1. The molecular formula is C9H9N5O2S. The molecule has 8 heteroatoms. The van der Waals surface area contributed by atoms with Crippen LogP contribution in [0.15, 0.2) is 23.8 Å². The monoisotopic (exact) mass is 251 g/mol. The Kier molecular flexibility index (Phi) is 3.15. The van der Waals surface area contributed by atoms with E-state index in [1.54, 1.807) is 11.7 Å². The Balaban J connectivity index is 2.07. The molecule has 0 fully saturated rings. The molecule has 0 atom stereocenters. The van der Waals surface area contributed by atoms with Gasteiger partial charge < -0.3 is 11.1 Å². The average Bonchev–Trinajstić information content (AvgIpc) is 2.78. The van der Waals surface area contributed by atoms with Crippen LogP contribution in [0.3, 0.4) is 0 Å². The Morgan fingerprint density at radius 1 is 1.53 bits per heavy atom. The van der Waals surface area contributed by atoms with Crippen LogP contribution in [0.1, 0.15) is 4.88 Å². The summed E-state index contributed by atoms with van der Waals surface area (Å²) < 4.78 is 0. The number of anilines is 2. The lowest BCUT2D eigenvalue weighted by Crippen LogP contribution is -2.04. The third kappa shape index (κ3) is 2.67.